The summed E-state index contributed by atoms with van der Waals surface area (Å²) in [6.07, 6.45) is 6.67. The van der Waals surface area contributed by atoms with Crippen LogP contribution in [0.15, 0.2) is 73.3 Å². The van der Waals surface area contributed by atoms with Gasteiger partial charge in [0.05, 0.1) is 23.1 Å². The Kier molecular flexibility index (Phi) is 3.82. The maximum atomic E-state index is 13.4. The summed E-state index contributed by atoms with van der Waals surface area (Å²) in [7, 11) is 0. The van der Waals surface area contributed by atoms with Crippen molar-refractivity contribution in [3.05, 3.63) is 79.1 Å². The SMILES string of the molecule is Fc1ccc(-c2ccnc3[nH]c(-c4n[nH]c5ccc(-c6cnccn6)nc45)cc23)cc1. The highest BCUT2D eigenvalue weighted by atomic mass is 19.1. The summed E-state index contributed by atoms with van der Waals surface area (Å²) in [6, 6.07) is 14.1. The third-order valence-corrected chi connectivity index (χ3v) is 5.18. The van der Waals surface area contributed by atoms with Crippen molar-refractivity contribution in [2.24, 2.45) is 0 Å². The summed E-state index contributed by atoms with van der Waals surface area (Å²) in [5.74, 6) is -0.267. The van der Waals surface area contributed by atoms with Gasteiger partial charge in [-0.3, -0.25) is 15.1 Å². The molecule has 7 nitrogen and oxygen atoms in total. The predicted octanol–water partition coefficient (Wildman–Crippen LogP) is 4.76. The Labute approximate surface area is 175 Å². The second-order valence-corrected chi connectivity index (χ2v) is 7.07. The maximum absolute atomic E-state index is 13.4. The van der Waals surface area contributed by atoms with Gasteiger partial charge in [-0.05, 0) is 47.5 Å². The van der Waals surface area contributed by atoms with E-state index in [1.807, 2.05) is 24.3 Å². The average Bonchev–Trinajstić information content (AvgIpc) is 3.43. The van der Waals surface area contributed by atoms with E-state index in [-0.39, 0.29) is 5.82 Å². The lowest BCUT2D eigenvalue weighted by molar-refractivity contribution is 0.628. The number of H-pyrrole nitrogens is 2. The third kappa shape index (κ3) is 2.93. The summed E-state index contributed by atoms with van der Waals surface area (Å²) in [5.41, 5.74) is 6.99. The Morgan fingerprint density at radius 2 is 1.74 bits per heavy atom. The molecule has 0 spiro atoms. The number of pyridine rings is 2. The minimum atomic E-state index is -0.267. The number of rotatable bonds is 3. The largest absolute Gasteiger partial charge is 0.338 e. The molecule has 0 amide bonds. The molecule has 0 radical (unpaired) electrons. The molecule has 148 valence electrons. The van der Waals surface area contributed by atoms with E-state index >= 15 is 0 Å². The average molecular weight is 407 g/mol. The topological polar surface area (TPSA) is 96.0 Å². The van der Waals surface area contributed by atoms with E-state index in [9.17, 15) is 4.39 Å². The van der Waals surface area contributed by atoms with Gasteiger partial charge < -0.3 is 4.98 Å². The van der Waals surface area contributed by atoms with Gasteiger partial charge in [-0.25, -0.2) is 14.4 Å². The molecule has 2 N–H and O–H groups in total. The molecule has 6 rings (SSSR count). The van der Waals surface area contributed by atoms with E-state index in [0.29, 0.717) is 17.1 Å². The number of halogens is 1. The monoisotopic (exact) mass is 407 g/mol. The van der Waals surface area contributed by atoms with E-state index in [4.69, 9.17) is 4.98 Å². The van der Waals surface area contributed by atoms with Crippen LogP contribution in [-0.2, 0) is 0 Å². The summed E-state index contributed by atoms with van der Waals surface area (Å²) in [5, 5.41) is 8.43. The summed E-state index contributed by atoms with van der Waals surface area (Å²) in [6.45, 7) is 0. The Hall–Kier alpha value is -4.46. The maximum Gasteiger partial charge on any atom is 0.138 e. The van der Waals surface area contributed by atoms with Crippen LogP contribution in [0.5, 0.6) is 0 Å². The number of aromatic nitrogens is 7. The lowest BCUT2D eigenvalue weighted by atomic mass is 10.0. The van der Waals surface area contributed by atoms with Gasteiger partial charge in [0, 0.05) is 24.0 Å². The molecular formula is C23H14FN7. The molecular weight excluding hydrogens is 393 g/mol. The Morgan fingerprint density at radius 3 is 2.58 bits per heavy atom. The van der Waals surface area contributed by atoms with Crippen LogP contribution in [0.25, 0.3) is 56.0 Å². The van der Waals surface area contributed by atoms with E-state index in [0.717, 1.165) is 38.9 Å². The Bertz CT molecular complexity index is 1540. The number of nitrogens with one attached hydrogen (secondary N) is 2. The highest BCUT2D eigenvalue weighted by Crippen LogP contribution is 2.33. The molecule has 1 aromatic carbocycles. The molecule has 0 fully saturated rings. The van der Waals surface area contributed by atoms with E-state index in [2.05, 4.69) is 30.1 Å². The summed E-state index contributed by atoms with van der Waals surface area (Å²) < 4.78 is 13.4. The van der Waals surface area contributed by atoms with Crippen molar-refractivity contribution in [3.8, 4) is 33.9 Å². The number of aromatic amines is 2. The molecule has 0 atom stereocenters. The zero-order valence-electron chi connectivity index (χ0n) is 16.0. The van der Waals surface area contributed by atoms with Crippen molar-refractivity contribution in [2.45, 2.75) is 0 Å². The summed E-state index contributed by atoms with van der Waals surface area (Å²) >= 11 is 0. The van der Waals surface area contributed by atoms with Crippen LogP contribution in [0.2, 0.25) is 0 Å². The van der Waals surface area contributed by atoms with Crippen molar-refractivity contribution in [3.63, 3.8) is 0 Å². The highest BCUT2D eigenvalue weighted by Gasteiger charge is 2.16. The first-order valence-corrected chi connectivity index (χ1v) is 9.62. The zero-order valence-corrected chi connectivity index (χ0v) is 16.0. The molecule has 5 heterocycles. The van der Waals surface area contributed by atoms with Crippen LogP contribution in [0.3, 0.4) is 0 Å². The fourth-order valence-electron chi connectivity index (χ4n) is 3.70. The highest BCUT2D eigenvalue weighted by molar-refractivity contribution is 5.98. The molecule has 5 aromatic heterocycles. The second-order valence-electron chi connectivity index (χ2n) is 7.07. The summed E-state index contributed by atoms with van der Waals surface area (Å²) in [4.78, 5) is 21.0. The van der Waals surface area contributed by atoms with Gasteiger partial charge >= 0.3 is 0 Å². The van der Waals surface area contributed by atoms with Gasteiger partial charge in [0.15, 0.2) is 0 Å². The molecule has 31 heavy (non-hydrogen) atoms. The number of benzene rings is 1. The van der Waals surface area contributed by atoms with Crippen LogP contribution in [-0.4, -0.2) is 35.1 Å². The first-order chi connectivity index (χ1) is 15.3. The molecule has 0 aliphatic carbocycles. The van der Waals surface area contributed by atoms with Crippen LogP contribution in [0.1, 0.15) is 0 Å². The normalized spacial score (nSPS) is 11.4. The quantitative estimate of drug-likeness (QED) is 0.441. The standard InChI is InChI=1S/C23H14FN7/c24-14-3-1-13(2-4-14)15-7-8-27-23-16(15)11-19(29-23)22-21-18(30-31-22)6-5-17(28-21)20-12-25-9-10-26-20/h1-12H,(H,27,29)(H,30,31). The number of hydrogen-bond donors (Lipinski definition) is 2. The van der Waals surface area contributed by atoms with Gasteiger partial charge in [-0.15, -0.1) is 0 Å². The van der Waals surface area contributed by atoms with Gasteiger partial charge in [-0.2, -0.15) is 5.10 Å². The molecule has 6 aromatic rings. The first kappa shape index (κ1) is 17.4. The van der Waals surface area contributed by atoms with Gasteiger partial charge in [-0.1, -0.05) is 12.1 Å². The van der Waals surface area contributed by atoms with Crippen molar-refractivity contribution in [1.29, 1.82) is 0 Å². The van der Waals surface area contributed by atoms with E-state index in [1.165, 1.54) is 12.1 Å². The fraction of sp³-hybridized carbons (Fsp3) is 0. The minimum Gasteiger partial charge on any atom is -0.338 e. The van der Waals surface area contributed by atoms with E-state index < -0.39 is 0 Å². The lowest BCUT2D eigenvalue weighted by Crippen LogP contribution is -1.89. The smallest absolute Gasteiger partial charge is 0.138 e. The third-order valence-electron chi connectivity index (χ3n) is 5.18. The molecule has 0 saturated heterocycles. The molecule has 0 saturated carbocycles. The van der Waals surface area contributed by atoms with E-state index in [1.54, 1.807) is 36.9 Å². The van der Waals surface area contributed by atoms with Gasteiger partial charge in [0.1, 0.15) is 28.4 Å². The molecule has 0 aliphatic rings. The molecule has 0 bridgehead atoms. The van der Waals surface area contributed by atoms with Crippen LogP contribution < -0.4 is 0 Å². The number of hydrogen-bond acceptors (Lipinski definition) is 5. The molecule has 0 aliphatic heterocycles. The number of fused-ring (bicyclic) bond motifs is 2. The van der Waals surface area contributed by atoms with Crippen LogP contribution >= 0.6 is 0 Å². The zero-order chi connectivity index (χ0) is 20.8. The Morgan fingerprint density at radius 1 is 0.839 bits per heavy atom. The minimum absolute atomic E-state index is 0.267. The fourth-order valence-corrected chi connectivity index (χ4v) is 3.70. The van der Waals surface area contributed by atoms with Crippen molar-refractivity contribution < 1.29 is 4.39 Å². The van der Waals surface area contributed by atoms with Gasteiger partial charge in [0.2, 0.25) is 0 Å². The van der Waals surface area contributed by atoms with Gasteiger partial charge in [0.25, 0.3) is 0 Å². The number of nitrogens with zero attached hydrogens (tertiary/aromatic N) is 5. The Balaban J connectivity index is 1.51. The molecule has 8 heteroatoms. The lowest BCUT2D eigenvalue weighted by Gasteiger charge is -2.02. The van der Waals surface area contributed by atoms with Crippen molar-refractivity contribution >= 4 is 22.1 Å². The van der Waals surface area contributed by atoms with Crippen molar-refractivity contribution in [2.75, 3.05) is 0 Å². The van der Waals surface area contributed by atoms with Crippen LogP contribution in [0, 0.1) is 5.82 Å². The molecule has 0 unspecified atom stereocenters. The van der Waals surface area contributed by atoms with Crippen molar-refractivity contribution in [1.82, 2.24) is 35.1 Å². The second kappa shape index (κ2) is 6.81. The van der Waals surface area contributed by atoms with Crippen LogP contribution in [0.4, 0.5) is 4.39 Å². The predicted molar refractivity (Wildman–Crippen MR) is 115 cm³/mol. The first-order valence-electron chi connectivity index (χ1n) is 9.62.